The van der Waals surface area contributed by atoms with Gasteiger partial charge < -0.3 is 9.84 Å². The zero-order chi connectivity index (χ0) is 14.8. The van der Waals surface area contributed by atoms with E-state index in [9.17, 15) is 0 Å². The highest BCUT2D eigenvalue weighted by molar-refractivity contribution is 9.10. The molecule has 108 valence electrons. The summed E-state index contributed by atoms with van der Waals surface area (Å²) in [5.74, 6) is 0.711. The maximum atomic E-state index is 9.06. The Bertz CT molecular complexity index is 772. The summed E-state index contributed by atoms with van der Waals surface area (Å²) >= 11 is 3.43. The molecule has 0 unspecified atom stereocenters. The second-order valence-corrected chi connectivity index (χ2v) is 5.57. The molecule has 0 aliphatic carbocycles. The molecule has 5 nitrogen and oxygen atoms in total. The molecule has 21 heavy (non-hydrogen) atoms. The number of hydrogen-bond donors (Lipinski definition) is 1. The molecule has 2 aromatic heterocycles. The van der Waals surface area contributed by atoms with Crippen molar-refractivity contribution >= 4 is 21.6 Å². The number of ether oxygens (including phenoxy) is 1. The van der Waals surface area contributed by atoms with Crippen LogP contribution in [-0.4, -0.2) is 32.4 Å². The van der Waals surface area contributed by atoms with Crippen LogP contribution in [0.2, 0.25) is 0 Å². The van der Waals surface area contributed by atoms with Crippen molar-refractivity contribution in [1.29, 1.82) is 0 Å². The Morgan fingerprint density at radius 2 is 2.24 bits per heavy atom. The summed E-state index contributed by atoms with van der Waals surface area (Å²) in [5, 5.41) is 13.2. The third-order valence-corrected chi connectivity index (χ3v) is 3.61. The van der Waals surface area contributed by atoms with Gasteiger partial charge in [-0.3, -0.25) is 0 Å². The second kappa shape index (κ2) is 5.83. The largest absolute Gasteiger partial charge is 0.488 e. The lowest BCUT2D eigenvalue weighted by atomic mass is 10.1. The molecular weight excluding hydrogens is 334 g/mol. The van der Waals surface area contributed by atoms with Gasteiger partial charge in [-0.15, -0.1) is 0 Å². The van der Waals surface area contributed by atoms with Crippen LogP contribution < -0.4 is 4.74 Å². The van der Waals surface area contributed by atoms with E-state index < -0.39 is 0 Å². The van der Waals surface area contributed by atoms with Gasteiger partial charge in [-0.05, 0) is 41.1 Å². The van der Waals surface area contributed by atoms with E-state index in [-0.39, 0.29) is 12.7 Å². The minimum Gasteiger partial charge on any atom is -0.488 e. The normalized spacial score (nSPS) is 12.5. The second-order valence-electron chi connectivity index (χ2n) is 4.71. The van der Waals surface area contributed by atoms with Crippen molar-refractivity contribution in [3.63, 3.8) is 0 Å². The highest BCUT2D eigenvalue weighted by Gasteiger charge is 2.08. The molecule has 2 heterocycles. The third-order valence-electron chi connectivity index (χ3n) is 3.05. The van der Waals surface area contributed by atoms with Crippen molar-refractivity contribution in [2.45, 2.75) is 13.0 Å². The molecule has 1 atom stereocenters. The number of aliphatic hydroxyl groups is 1. The van der Waals surface area contributed by atoms with Crippen LogP contribution in [0, 0.1) is 0 Å². The van der Waals surface area contributed by atoms with Gasteiger partial charge in [0.05, 0.1) is 23.0 Å². The predicted molar refractivity (Wildman–Crippen MR) is 83.3 cm³/mol. The average Bonchev–Trinajstić information content (AvgIpc) is 2.88. The maximum absolute atomic E-state index is 9.06. The van der Waals surface area contributed by atoms with Crippen LogP contribution in [0.25, 0.3) is 16.9 Å². The van der Waals surface area contributed by atoms with Gasteiger partial charge in [0.25, 0.3) is 0 Å². The Morgan fingerprint density at radius 3 is 3.05 bits per heavy atom. The van der Waals surface area contributed by atoms with E-state index in [4.69, 9.17) is 9.84 Å². The lowest BCUT2D eigenvalue weighted by molar-refractivity contribution is 0.130. The predicted octanol–water partition coefficient (Wildman–Crippen LogP) is 2.92. The minimum atomic E-state index is -0.236. The van der Waals surface area contributed by atoms with Gasteiger partial charge in [0.2, 0.25) is 0 Å². The lowest BCUT2D eigenvalue weighted by Crippen LogP contribution is -2.16. The first kappa shape index (κ1) is 14.0. The quantitative estimate of drug-likeness (QED) is 0.788. The molecule has 0 saturated heterocycles. The summed E-state index contributed by atoms with van der Waals surface area (Å²) in [4.78, 5) is 4.59. The summed E-state index contributed by atoms with van der Waals surface area (Å²) in [6.07, 6.45) is 3.35. The minimum absolute atomic E-state index is 0.0167. The Labute approximate surface area is 130 Å². The van der Waals surface area contributed by atoms with Crippen LogP contribution in [0.15, 0.2) is 47.2 Å². The van der Waals surface area contributed by atoms with E-state index in [0.717, 1.165) is 21.4 Å². The van der Waals surface area contributed by atoms with E-state index in [2.05, 4.69) is 26.0 Å². The Morgan fingerprint density at radius 1 is 1.38 bits per heavy atom. The number of rotatable bonds is 4. The number of fused-ring (bicyclic) bond motifs is 1. The molecule has 0 saturated carbocycles. The van der Waals surface area contributed by atoms with Gasteiger partial charge >= 0.3 is 0 Å². The van der Waals surface area contributed by atoms with Crippen LogP contribution in [0.3, 0.4) is 0 Å². The van der Waals surface area contributed by atoms with Gasteiger partial charge in [-0.2, -0.15) is 5.10 Å². The molecule has 1 N–H and O–H groups in total. The maximum Gasteiger partial charge on any atom is 0.169 e. The first-order valence-electron chi connectivity index (χ1n) is 6.55. The molecule has 0 bridgehead atoms. The fourth-order valence-corrected chi connectivity index (χ4v) is 2.36. The van der Waals surface area contributed by atoms with Gasteiger partial charge in [0.1, 0.15) is 11.9 Å². The number of aliphatic hydroxyl groups excluding tert-OH is 1. The summed E-state index contributed by atoms with van der Waals surface area (Å²) in [7, 11) is 0. The van der Waals surface area contributed by atoms with E-state index in [1.54, 1.807) is 10.7 Å². The topological polar surface area (TPSA) is 59.7 Å². The van der Waals surface area contributed by atoms with Crippen molar-refractivity contribution < 1.29 is 9.84 Å². The zero-order valence-corrected chi connectivity index (χ0v) is 13.0. The van der Waals surface area contributed by atoms with Crippen LogP contribution in [-0.2, 0) is 0 Å². The fraction of sp³-hybridized carbons (Fsp3) is 0.200. The van der Waals surface area contributed by atoms with E-state index in [1.165, 1.54) is 0 Å². The van der Waals surface area contributed by atoms with Gasteiger partial charge in [0, 0.05) is 11.8 Å². The van der Waals surface area contributed by atoms with Gasteiger partial charge in [-0.1, -0.05) is 12.1 Å². The van der Waals surface area contributed by atoms with Crippen molar-refractivity contribution in [1.82, 2.24) is 14.6 Å². The molecule has 0 aliphatic heterocycles. The van der Waals surface area contributed by atoms with Crippen molar-refractivity contribution in [2.24, 2.45) is 0 Å². The molecule has 0 aliphatic rings. The van der Waals surface area contributed by atoms with Gasteiger partial charge in [-0.25, -0.2) is 9.50 Å². The zero-order valence-electron chi connectivity index (χ0n) is 11.4. The molecule has 3 aromatic rings. The van der Waals surface area contributed by atoms with E-state index >= 15 is 0 Å². The van der Waals surface area contributed by atoms with Crippen molar-refractivity contribution in [3.05, 3.63) is 47.2 Å². The first-order chi connectivity index (χ1) is 10.2. The highest BCUT2D eigenvalue weighted by Crippen LogP contribution is 2.25. The Hall–Kier alpha value is -1.92. The number of aromatic nitrogens is 3. The molecule has 1 aromatic carbocycles. The first-order valence-corrected chi connectivity index (χ1v) is 7.34. The van der Waals surface area contributed by atoms with Crippen LogP contribution in [0.4, 0.5) is 0 Å². The van der Waals surface area contributed by atoms with Crippen LogP contribution in [0.5, 0.6) is 5.75 Å². The Balaban J connectivity index is 1.97. The molecule has 0 fully saturated rings. The van der Waals surface area contributed by atoms with Crippen LogP contribution in [0.1, 0.15) is 6.92 Å². The van der Waals surface area contributed by atoms with E-state index in [0.29, 0.717) is 5.75 Å². The number of benzene rings is 1. The lowest BCUT2D eigenvalue weighted by Gasteiger charge is -2.12. The van der Waals surface area contributed by atoms with Crippen molar-refractivity contribution in [2.75, 3.05) is 6.61 Å². The number of hydrogen-bond acceptors (Lipinski definition) is 4. The molecule has 0 radical (unpaired) electrons. The molecule has 3 rings (SSSR count). The SMILES string of the molecule is C[C@@H](CO)Oc1cccc(-c2ccn3ncc(Br)c3n2)c1. The Kier molecular flexibility index (Phi) is 3.90. The van der Waals surface area contributed by atoms with Gasteiger partial charge in [0.15, 0.2) is 5.65 Å². The average molecular weight is 348 g/mol. The monoisotopic (exact) mass is 347 g/mol. The molecule has 0 amide bonds. The van der Waals surface area contributed by atoms with E-state index in [1.807, 2.05) is 43.5 Å². The summed E-state index contributed by atoms with van der Waals surface area (Å²) in [6.45, 7) is 1.80. The molecule has 0 spiro atoms. The highest BCUT2D eigenvalue weighted by atomic mass is 79.9. The summed E-state index contributed by atoms with van der Waals surface area (Å²) in [5.41, 5.74) is 2.56. The van der Waals surface area contributed by atoms with Crippen molar-refractivity contribution in [3.8, 4) is 17.0 Å². The molecular formula is C15H14BrN3O2. The fourth-order valence-electron chi connectivity index (χ4n) is 2.00. The third kappa shape index (κ3) is 2.91. The summed E-state index contributed by atoms with van der Waals surface area (Å²) < 4.78 is 8.18. The standard InChI is InChI=1S/C15H14BrN3O2/c1-10(9-20)21-12-4-2-3-11(7-12)14-5-6-19-15(18-14)13(16)8-17-19/h2-8,10,20H,9H2,1H3/t10-/m0/s1. The van der Waals surface area contributed by atoms with Crippen LogP contribution >= 0.6 is 15.9 Å². The number of halogens is 1. The number of nitrogens with zero attached hydrogens (tertiary/aromatic N) is 3. The smallest absolute Gasteiger partial charge is 0.169 e. The molecule has 6 heteroatoms. The summed E-state index contributed by atoms with van der Waals surface area (Å²) in [6, 6.07) is 9.56.